The molecule has 2 fully saturated rings. The van der Waals surface area contributed by atoms with Crippen LogP contribution in [-0.2, 0) is 20.9 Å². The lowest BCUT2D eigenvalue weighted by Gasteiger charge is -2.35. The number of thiazole rings is 2. The number of aryl methyl sites for hydroxylation is 3. The maximum absolute atomic E-state index is 14.1. The van der Waals surface area contributed by atoms with Crippen molar-refractivity contribution in [2.75, 3.05) is 48.3 Å². The van der Waals surface area contributed by atoms with Crippen LogP contribution >= 0.6 is 34.3 Å². The minimum atomic E-state index is -0.711. The van der Waals surface area contributed by atoms with E-state index in [2.05, 4.69) is 61.6 Å². The number of β-amino-alcohol motifs (C(OH)–C–C–N with tert-alkyl or cyclic N) is 1. The lowest BCUT2D eigenvalue weighted by atomic mass is 9.76. The van der Waals surface area contributed by atoms with Gasteiger partial charge in [0.1, 0.15) is 28.4 Å². The Bertz CT molecular complexity index is 2680. The highest BCUT2D eigenvalue weighted by Crippen LogP contribution is 2.35. The molecule has 4 N–H and O–H groups in total. The van der Waals surface area contributed by atoms with E-state index >= 15 is 0 Å². The molecule has 2 aromatic carbocycles. The molecule has 7 rings (SSSR count). The zero-order valence-electron chi connectivity index (χ0n) is 45.5. The first-order chi connectivity index (χ1) is 36.5. The number of likely N-dealkylation sites (tertiary alicyclic amines) is 1. The highest BCUT2D eigenvalue weighted by molar-refractivity contribution is 7.17. The first-order valence-corrected chi connectivity index (χ1v) is 29.5. The quantitative estimate of drug-likeness (QED) is 0.0386. The number of nitrogens with zero attached hydrogens (tertiary/aromatic N) is 7. The summed E-state index contributed by atoms with van der Waals surface area (Å²) in [7, 11) is 0. The number of hydrogen-bond donors (Lipinski definition) is 4. The summed E-state index contributed by atoms with van der Waals surface area (Å²) in [5.74, 6) is 1.47. The number of unbranched alkanes of at least 4 members (excludes halogenated alkanes) is 12. The standard InChI is InChI=1S/C58H79ClN10O5S2/c1-39-21-20-23-46(59)52(39)66-55(73)48-36-61-57(76-48)65-49-34-50(64-41(3)63-49)67-29-31-68(32-30-67)51(71)24-19-17-15-13-11-9-7-8-10-12-14-16-18-22-45(58(4,5)6)56(74)69-37-44(70)33-47(69)54(72)60-35-42-25-27-43(28-26-42)53-40(2)62-38-75-53/h20-21,23,25-28,34,36,38,44-45,47,70H,7-19,22,24,29-33,35,37H2,1-6H3,(H,60,72)(H,66,73)(H,61,63,64,65)/t44-,45-,47+/m1/s1. The third-order valence-corrected chi connectivity index (χ3v) is 16.9. The first-order valence-electron chi connectivity index (χ1n) is 27.5. The van der Waals surface area contributed by atoms with Gasteiger partial charge in [0.25, 0.3) is 5.91 Å². The summed E-state index contributed by atoms with van der Waals surface area (Å²) in [6.45, 7) is 15.3. The van der Waals surface area contributed by atoms with Crippen LogP contribution in [0.25, 0.3) is 10.4 Å². The lowest BCUT2D eigenvalue weighted by molar-refractivity contribution is -0.145. The third kappa shape index (κ3) is 16.8. The van der Waals surface area contributed by atoms with Crippen molar-refractivity contribution in [1.82, 2.24) is 35.1 Å². The number of benzene rings is 2. The molecule has 0 aliphatic carbocycles. The molecule has 18 heteroatoms. The predicted octanol–water partition coefficient (Wildman–Crippen LogP) is 12.1. The van der Waals surface area contributed by atoms with Crippen LogP contribution in [0.5, 0.6) is 0 Å². The van der Waals surface area contributed by atoms with Crippen molar-refractivity contribution in [3.05, 3.63) is 92.8 Å². The van der Waals surface area contributed by atoms with Gasteiger partial charge in [0, 0.05) is 64.1 Å². The molecule has 15 nitrogen and oxygen atoms in total. The second-order valence-electron chi connectivity index (χ2n) is 21.7. The number of nitrogens with one attached hydrogen (secondary N) is 3. The Morgan fingerprint density at radius 1 is 0.829 bits per heavy atom. The molecule has 0 spiro atoms. The number of aliphatic hydroxyl groups is 1. The SMILES string of the molecule is Cc1nc(Nc2ncc(C(=O)Nc3c(C)cccc3Cl)s2)cc(N2CCN(C(=O)CCCCCCCCCCCCCCC[C@H](C(=O)N3C[C@H](O)C[C@H]3C(=O)NCc3ccc(-c4scnc4C)cc3)C(C)(C)C)CC2)n1. The topological polar surface area (TPSA) is 186 Å². The van der Waals surface area contributed by atoms with Gasteiger partial charge in [-0.25, -0.2) is 19.9 Å². The zero-order chi connectivity index (χ0) is 54.2. The fourth-order valence-corrected chi connectivity index (χ4v) is 12.1. The number of halogens is 1. The Balaban J connectivity index is 0.702. The van der Waals surface area contributed by atoms with E-state index in [-0.39, 0.29) is 47.9 Å². The van der Waals surface area contributed by atoms with Crippen molar-refractivity contribution in [2.45, 2.75) is 163 Å². The number of carbonyl (C=O) groups is 4. The van der Waals surface area contributed by atoms with E-state index in [9.17, 15) is 24.3 Å². The largest absolute Gasteiger partial charge is 0.391 e. The maximum atomic E-state index is 14.1. The fourth-order valence-electron chi connectivity index (χ4n) is 10.3. The molecule has 76 heavy (non-hydrogen) atoms. The Labute approximate surface area is 463 Å². The molecule has 2 aliphatic rings. The molecule has 0 saturated carbocycles. The van der Waals surface area contributed by atoms with Gasteiger partial charge in [-0.15, -0.1) is 11.3 Å². The first kappa shape index (κ1) is 58.2. The maximum Gasteiger partial charge on any atom is 0.267 e. The van der Waals surface area contributed by atoms with Crippen LogP contribution in [0.4, 0.5) is 22.5 Å². The van der Waals surface area contributed by atoms with Crippen LogP contribution < -0.4 is 20.9 Å². The Morgan fingerprint density at radius 3 is 2.12 bits per heavy atom. The average molecular weight is 1100 g/mol. The van der Waals surface area contributed by atoms with Gasteiger partial charge in [0.15, 0.2) is 5.13 Å². The number of rotatable bonds is 26. The van der Waals surface area contributed by atoms with Crippen LogP contribution in [0.15, 0.2) is 60.2 Å². The molecule has 3 atom stereocenters. The molecule has 4 amide bonds. The van der Waals surface area contributed by atoms with Gasteiger partial charge in [-0.1, -0.05) is 157 Å². The molecular weight excluding hydrogens is 1020 g/mol. The summed E-state index contributed by atoms with van der Waals surface area (Å²) >= 11 is 9.15. The second-order valence-corrected chi connectivity index (χ2v) is 24.0. The lowest BCUT2D eigenvalue weighted by Crippen LogP contribution is -2.49. The number of anilines is 4. The number of carbonyl (C=O) groups excluding carboxylic acids is 4. The van der Waals surface area contributed by atoms with Crippen molar-refractivity contribution >= 4 is 80.4 Å². The highest BCUT2D eigenvalue weighted by atomic mass is 35.5. The van der Waals surface area contributed by atoms with Crippen molar-refractivity contribution in [3.63, 3.8) is 0 Å². The number of amides is 4. The van der Waals surface area contributed by atoms with Crippen molar-refractivity contribution < 1.29 is 24.3 Å². The van der Waals surface area contributed by atoms with Gasteiger partial charge >= 0.3 is 0 Å². The van der Waals surface area contributed by atoms with Gasteiger partial charge in [0.2, 0.25) is 17.7 Å². The molecular formula is C58H79ClN10O5S2. The van der Waals surface area contributed by atoms with Gasteiger partial charge in [-0.05, 0) is 61.8 Å². The smallest absolute Gasteiger partial charge is 0.267 e. The van der Waals surface area contributed by atoms with Crippen molar-refractivity contribution in [1.29, 1.82) is 0 Å². The number of para-hydroxylation sites is 1. The van der Waals surface area contributed by atoms with E-state index < -0.39 is 12.1 Å². The second kappa shape index (κ2) is 28.2. The average Bonchev–Trinajstić information content (AvgIpc) is 4.16. The summed E-state index contributed by atoms with van der Waals surface area (Å²) in [6.07, 6.45) is 17.5. The van der Waals surface area contributed by atoms with Gasteiger partial charge in [0.05, 0.1) is 39.1 Å². The number of aliphatic hydroxyl groups excluding tert-OH is 1. The van der Waals surface area contributed by atoms with Crippen molar-refractivity contribution in [3.8, 4) is 10.4 Å². The predicted molar refractivity (Wildman–Crippen MR) is 308 cm³/mol. The highest BCUT2D eigenvalue weighted by Gasteiger charge is 2.43. The van der Waals surface area contributed by atoms with E-state index in [0.717, 1.165) is 78.0 Å². The zero-order valence-corrected chi connectivity index (χ0v) is 47.9. The molecule has 5 heterocycles. The molecule has 5 aromatic rings. The minimum Gasteiger partial charge on any atom is -0.391 e. The van der Waals surface area contributed by atoms with E-state index in [1.807, 2.05) is 73.6 Å². The summed E-state index contributed by atoms with van der Waals surface area (Å²) in [5, 5.41) is 20.8. The van der Waals surface area contributed by atoms with Crippen LogP contribution in [0.3, 0.4) is 0 Å². The van der Waals surface area contributed by atoms with Crippen LogP contribution in [0, 0.1) is 32.1 Å². The van der Waals surface area contributed by atoms with Crippen LogP contribution in [0.1, 0.15) is 156 Å². The normalized spacial score (nSPS) is 16.2. The molecule has 410 valence electrons. The molecule has 0 radical (unpaired) electrons. The van der Waals surface area contributed by atoms with Crippen LogP contribution in [0.2, 0.25) is 5.02 Å². The Hall–Kier alpha value is -5.49. The van der Waals surface area contributed by atoms with E-state index in [4.69, 9.17) is 11.6 Å². The monoisotopic (exact) mass is 1090 g/mol. The summed E-state index contributed by atoms with van der Waals surface area (Å²) in [6, 6.07) is 14.8. The van der Waals surface area contributed by atoms with Crippen LogP contribution in [-0.4, -0.2) is 103 Å². The van der Waals surface area contributed by atoms with E-state index in [1.165, 1.54) is 62.5 Å². The number of piperazine rings is 1. The summed E-state index contributed by atoms with van der Waals surface area (Å²) in [5.41, 5.74) is 6.12. The summed E-state index contributed by atoms with van der Waals surface area (Å²) in [4.78, 5) is 79.1. The molecule has 3 aromatic heterocycles. The number of aromatic nitrogens is 4. The molecule has 2 aliphatic heterocycles. The summed E-state index contributed by atoms with van der Waals surface area (Å²) < 4.78 is 0. The van der Waals surface area contributed by atoms with Gasteiger partial charge < -0.3 is 35.8 Å². The molecule has 0 bridgehead atoms. The van der Waals surface area contributed by atoms with Gasteiger partial charge in [-0.3, -0.25) is 19.2 Å². The molecule has 2 saturated heterocycles. The third-order valence-electron chi connectivity index (χ3n) is 14.7. The Morgan fingerprint density at radius 2 is 1.49 bits per heavy atom. The van der Waals surface area contributed by atoms with E-state index in [0.29, 0.717) is 71.5 Å². The van der Waals surface area contributed by atoms with E-state index in [1.54, 1.807) is 22.3 Å². The Kier molecular flexibility index (Phi) is 21.6. The van der Waals surface area contributed by atoms with Crippen molar-refractivity contribution in [2.24, 2.45) is 11.3 Å². The minimum absolute atomic E-state index is 0.0201. The number of hydrogen-bond acceptors (Lipinski definition) is 13. The fraction of sp³-hybridized carbons (Fsp3) is 0.552. The van der Waals surface area contributed by atoms with Gasteiger partial charge in [-0.2, -0.15) is 0 Å². The molecule has 0 unspecified atom stereocenters.